The van der Waals surface area contributed by atoms with Gasteiger partial charge in [-0.25, -0.2) is 4.98 Å². The zero-order valence-corrected chi connectivity index (χ0v) is 18.3. The number of hydrogen-bond donors (Lipinski definition) is 1. The van der Waals surface area contributed by atoms with Crippen LogP contribution in [0.5, 0.6) is 11.5 Å². The third-order valence-corrected chi connectivity index (χ3v) is 6.09. The summed E-state index contributed by atoms with van der Waals surface area (Å²) in [4.78, 5) is 13.4. The van der Waals surface area contributed by atoms with E-state index in [9.17, 15) is 0 Å². The first-order valence-electron chi connectivity index (χ1n) is 10.9. The fourth-order valence-electron chi connectivity index (χ4n) is 4.04. The molecule has 162 valence electrons. The number of benzene rings is 1. The molecule has 1 aliphatic carbocycles. The molecular weight excluding hydrogens is 378 g/mol. The van der Waals surface area contributed by atoms with E-state index < -0.39 is 0 Å². The molecular formula is C23H33N5O2. The maximum Gasteiger partial charge on any atom is 0.231 e. The summed E-state index contributed by atoms with van der Waals surface area (Å²) < 4.78 is 11.8. The van der Waals surface area contributed by atoms with Gasteiger partial charge in [0, 0.05) is 37.1 Å². The molecule has 0 atom stereocenters. The van der Waals surface area contributed by atoms with Crippen LogP contribution in [0.3, 0.4) is 0 Å². The monoisotopic (exact) mass is 411 g/mol. The van der Waals surface area contributed by atoms with E-state index in [1.54, 1.807) is 13.2 Å². The van der Waals surface area contributed by atoms with Crippen LogP contribution in [-0.4, -0.2) is 55.3 Å². The van der Waals surface area contributed by atoms with Crippen LogP contribution in [0, 0.1) is 18.8 Å². The van der Waals surface area contributed by atoms with Gasteiger partial charge < -0.3 is 25.0 Å². The van der Waals surface area contributed by atoms with E-state index in [1.807, 2.05) is 37.1 Å². The Morgan fingerprint density at radius 2 is 1.83 bits per heavy atom. The minimum Gasteiger partial charge on any atom is -0.493 e. The second-order valence-electron chi connectivity index (χ2n) is 8.63. The third-order valence-electron chi connectivity index (χ3n) is 6.09. The van der Waals surface area contributed by atoms with E-state index in [1.165, 1.54) is 45.3 Å². The summed E-state index contributed by atoms with van der Waals surface area (Å²) in [5.41, 5.74) is 7.66. The number of methoxy groups -OCH3 is 1. The molecule has 30 heavy (non-hydrogen) atoms. The molecule has 2 aromatic rings. The highest BCUT2D eigenvalue weighted by Gasteiger charge is 2.27. The molecule has 1 aromatic heterocycles. The first kappa shape index (κ1) is 20.7. The van der Waals surface area contributed by atoms with E-state index in [4.69, 9.17) is 15.2 Å². The Balaban J connectivity index is 1.40. The van der Waals surface area contributed by atoms with E-state index in [0.29, 0.717) is 24.3 Å². The second kappa shape index (κ2) is 9.08. The molecule has 7 nitrogen and oxygen atoms in total. The predicted molar refractivity (Wildman–Crippen MR) is 120 cm³/mol. The fraction of sp³-hybridized carbons (Fsp3) is 0.565. The molecule has 0 unspecified atom stereocenters. The van der Waals surface area contributed by atoms with E-state index in [0.717, 1.165) is 28.8 Å². The van der Waals surface area contributed by atoms with E-state index in [-0.39, 0.29) is 0 Å². The van der Waals surface area contributed by atoms with Gasteiger partial charge in [0.1, 0.15) is 5.82 Å². The fourth-order valence-corrected chi connectivity index (χ4v) is 4.04. The minimum absolute atomic E-state index is 0.461. The normalized spacial score (nSPS) is 17.7. The van der Waals surface area contributed by atoms with Gasteiger partial charge >= 0.3 is 0 Å². The zero-order chi connectivity index (χ0) is 21.1. The van der Waals surface area contributed by atoms with Crippen LogP contribution < -0.4 is 20.1 Å². The summed E-state index contributed by atoms with van der Waals surface area (Å²) in [5, 5.41) is 0. The Labute approximate surface area is 179 Å². The number of nitrogens with zero attached hydrogens (tertiary/aromatic N) is 4. The van der Waals surface area contributed by atoms with Gasteiger partial charge in [-0.05, 0) is 69.7 Å². The Hall–Kier alpha value is -2.54. The van der Waals surface area contributed by atoms with Gasteiger partial charge in [-0.15, -0.1) is 0 Å². The first-order valence-corrected chi connectivity index (χ1v) is 10.9. The maximum absolute atomic E-state index is 6.23. The number of nitrogen functional groups attached to an aromatic ring is 1. The average Bonchev–Trinajstić information content (AvgIpc) is 3.56. The van der Waals surface area contributed by atoms with Crippen LogP contribution in [0.15, 0.2) is 24.3 Å². The van der Waals surface area contributed by atoms with E-state index in [2.05, 4.69) is 14.9 Å². The van der Waals surface area contributed by atoms with Crippen LogP contribution in [0.2, 0.25) is 0 Å². The third kappa shape index (κ3) is 5.14. The molecule has 2 N–H and O–H groups in total. The summed E-state index contributed by atoms with van der Waals surface area (Å²) in [6, 6.07) is 7.65. The molecule has 2 heterocycles. The molecule has 7 heteroatoms. The van der Waals surface area contributed by atoms with Gasteiger partial charge in [-0.1, -0.05) is 0 Å². The number of hydrogen-bond acceptors (Lipinski definition) is 7. The number of piperidine rings is 1. The van der Waals surface area contributed by atoms with Crippen molar-refractivity contribution in [2.24, 2.45) is 11.8 Å². The number of likely N-dealkylation sites (tertiary alicyclic amines) is 1. The predicted octanol–water partition coefficient (Wildman–Crippen LogP) is 3.64. The molecule has 4 rings (SSSR count). The maximum atomic E-state index is 6.23. The van der Waals surface area contributed by atoms with Crippen molar-refractivity contribution in [3.8, 4) is 11.5 Å². The zero-order valence-electron chi connectivity index (χ0n) is 18.3. The van der Waals surface area contributed by atoms with Gasteiger partial charge in [0.25, 0.3) is 0 Å². The van der Waals surface area contributed by atoms with Crippen LogP contribution in [0.1, 0.15) is 31.4 Å². The molecule has 2 aliphatic rings. The summed E-state index contributed by atoms with van der Waals surface area (Å²) in [6.07, 6.45) is 5.25. The number of anilines is 3. The minimum atomic E-state index is 0.461. The van der Waals surface area contributed by atoms with Gasteiger partial charge in [0.15, 0.2) is 11.5 Å². The van der Waals surface area contributed by atoms with Gasteiger partial charge in [-0.2, -0.15) is 4.98 Å². The number of aryl methyl sites for hydroxylation is 1. The van der Waals surface area contributed by atoms with Gasteiger partial charge in [0.2, 0.25) is 5.95 Å². The van der Waals surface area contributed by atoms with Crippen molar-refractivity contribution in [2.75, 3.05) is 51.0 Å². The lowest BCUT2D eigenvalue weighted by molar-refractivity contribution is 0.136. The quantitative estimate of drug-likeness (QED) is 0.710. The molecule has 1 aromatic carbocycles. The van der Waals surface area contributed by atoms with Crippen molar-refractivity contribution in [3.63, 3.8) is 0 Å². The van der Waals surface area contributed by atoms with Crippen molar-refractivity contribution in [3.05, 3.63) is 30.0 Å². The molecule has 0 spiro atoms. The summed E-state index contributed by atoms with van der Waals surface area (Å²) in [7, 11) is 3.60. The van der Waals surface area contributed by atoms with Crippen molar-refractivity contribution in [1.82, 2.24) is 14.9 Å². The molecule has 0 bridgehead atoms. The van der Waals surface area contributed by atoms with Crippen molar-refractivity contribution in [2.45, 2.75) is 32.6 Å². The van der Waals surface area contributed by atoms with E-state index >= 15 is 0 Å². The lowest BCUT2D eigenvalue weighted by Crippen LogP contribution is -2.36. The van der Waals surface area contributed by atoms with Crippen LogP contribution >= 0.6 is 0 Å². The Kier molecular flexibility index (Phi) is 6.27. The number of ether oxygens (including phenoxy) is 2. The summed E-state index contributed by atoms with van der Waals surface area (Å²) in [6.45, 7) is 6.30. The summed E-state index contributed by atoms with van der Waals surface area (Å²) >= 11 is 0. The SMILES string of the molecule is COc1ccc(N(C)c2nc(C)cc(N)n2)cc1OCC1CCN(CC2CC2)CC1. The highest BCUT2D eigenvalue weighted by molar-refractivity contribution is 5.62. The van der Waals surface area contributed by atoms with Crippen LogP contribution in [-0.2, 0) is 0 Å². The van der Waals surface area contributed by atoms with Gasteiger partial charge in [-0.3, -0.25) is 0 Å². The average molecular weight is 412 g/mol. The van der Waals surface area contributed by atoms with Crippen molar-refractivity contribution < 1.29 is 9.47 Å². The van der Waals surface area contributed by atoms with Crippen LogP contribution in [0.4, 0.5) is 17.5 Å². The highest BCUT2D eigenvalue weighted by Crippen LogP contribution is 2.35. The summed E-state index contributed by atoms with van der Waals surface area (Å²) in [5.74, 6) is 4.07. The smallest absolute Gasteiger partial charge is 0.231 e. The van der Waals surface area contributed by atoms with Gasteiger partial charge in [0.05, 0.1) is 13.7 Å². The lowest BCUT2D eigenvalue weighted by atomic mass is 9.97. The highest BCUT2D eigenvalue weighted by atomic mass is 16.5. The molecule has 0 radical (unpaired) electrons. The van der Waals surface area contributed by atoms with Crippen molar-refractivity contribution >= 4 is 17.5 Å². The molecule has 1 aliphatic heterocycles. The second-order valence-corrected chi connectivity index (χ2v) is 8.63. The Morgan fingerprint density at radius 1 is 1.07 bits per heavy atom. The molecule has 0 amide bonds. The topological polar surface area (TPSA) is 76.7 Å². The largest absolute Gasteiger partial charge is 0.493 e. The molecule has 2 fully saturated rings. The molecule has 1 saturated carbocycles. The Morgan fingerprint density at radius 3 is 2.50 bits per heavy atom. The molecule has 1 saturated heterocycles. The standard InChI is InChI=1S/C23H33N5O2/c1-16-12-22(24)26-23(25-16)27(2)19-6-7-20(29-3)21(13-19)30-15-18-8-10-28(11-9-18)14-17-4-5-17/h6-7,12-13,17-18H,4-5,8-11,14-15H2,1-3H3,(H2,24,25,26). The number of rotatable bonds is 8. The Bertz CT molecular complexity index is 842. The number of nitrogens with two attached hydrogens (primary N) is 1. The first-order chi connectivity index (χ1) is 14.5. The number of aromatic nitrogens is 2. The lowest BCUT2D eigenvalue weighted by Gasteiger charge is -2.32. The van der Waals surface area contributed by atoms with Crippen molar-refractivity contribution in [1.29, 1.82) is 0 Å². The van der Waals surface area contributed by atoms with Crippen LogP contribution in [0.25, 0.3) is 0 Å².